The summed E-state index contributed by atoms with van der Waals surface area (Å²) in [6.07, 6.45) is 1.33. The summed E-state index contributed by atoms with van der Waals surface area (Å²) in [6.45, 7) is 0. The number of hydrogen-bond acceptors (Lipinski definition) is 3. The van der Waals surface area contributed by atoms with Crippen LogP contribution in [0.3, 0.4) is 0 Å². The second kappa shape index (κ2) is 3.77. The molecule has 0 bridgehead atoms. The molecule has 0 radical (unpaired) electrons. The van der Waals surface area contributed by atoms with Crippen LogP contribution in [0.4, 0.5) is 4.39 Å². The van der Waals surface area contributed by atoms with Crippen molar-refractivity contribution in [3.05, 3.63) is 32.9 Å². The summed E-state index contributed by atoms with van der Waals surface area (Å²) >= 11 is 7.65. The van der Waals surface area contributed by atoms with Gasteiger partial charge in [0.1, 0.15) is 12.0 Å². The highest BCUT2D eigenvalue weighted by Gasteiger charge is 2.11. The molecule has 0 aliphatic rings. The minimum atomic E-state index is -0.450. The van der Waals surface area contributed by atoms with Gasteiger partial charge in [0, 0.05) is 8.59 Å². The van der Waals surface area contributed by atoms with Gasteiger partial charge in [-0.25, -0.2) is 4.39 Å². The zero-order valence-corrected chi connectivity index (χ0v) is 9.57. The molecule has 1 aromatic carbocycles. The van der Waals surface area contributed by atoms with Crippen LogP contribution in [-0.4, -0.2) is 20.2 Å². The largest absolute Gasteiger partial charge is 0.205 e. The third-order valence-electron chi connectivity index (χ3n) is 1.56. The van der Waals surface area contributed by atoms with Gasteiger partial charge in [-0.3, -0.25) is 0 Å². The van der Waals surface area contributed by atoms with Gasteiger partial charge in [0.15, 0.2) is 5.82 Å². The first-order valence-electron chi connectivity index (χ1n) is 3.56. The van der Waals surface area contributed by atoms with Crippen LogP contribution in [0.5, 0.6) is 0 Å². The van der Waals surface area contributed by atoms with Crippen LogP contribution in [0.15, 0.2) is 18.5 Å². The fraction of sp³-hybridized carbons (Fsp3) is 0. The smallest absolute Gasteiger partial charge is 0.151 e. The van der Waals surface area contributed by atoms with Crippen molar-refractivity contribution in [2.24, 2.45) is 0 Å². The summed E-state index contributed by atoms with van der Waals surface area (Å²) in [7, 11) is 0. The Bertz CT molecular complexity index is 436. The fourth-order valence-corrected chi connectivity index (χ4v) is 2.25. The summed E-state index contributed by atoms with van der Waals surface area (Å²) in [5.41, 5.74) is 0.306. The fourth-order valence-electron chi connectivity index (χ4n) is 1.02. The lowest BCUT2D eigenvalue weighted by molar-refractivity contribution is 0.605. The van der Waals surface area contributed by atoms with Crippen molar-refractivity contribution < 1.29 is 4.39 Å². The predicted molar refractivity (Wildman–Crippen MR) is 56.8 cm³/mol. The molecule has 0 atom stereocenters. The minimum absolute atomic E-state index is 0.306. The predicted octanol–water partition coefficient (Wildman–Crippen LogP) is 2.06. The lowest BCUT2D eigenvalue weighted by Gasteiger charge is -2.04. The quantitative estimate of drug-likeness (QED) is 0.754. The zero-order valence-electron chi connectivity index (χ0n) is 6.65. The molecule has 72 valence electrons. The molecule has 0 saturated heterocycles. The van der Waals surface area contributed by atoms with E-state index in [-0.39, 0.29) is 0 Å². The van der Waals surface area contributed by atoms with Gasteiger partial charge in [0.25, 0.3) is 0 Å². The third kappa shape index (κ3) is 1.71. The minimum Gasteiger partial charge on any atom is -0.205 e. The Morgan fingerprint density at radius 2 is 2.21 bits per heavy atom. The van der Waals surface area contributed by atoms with Crippen LogP contribution in [0.2, 0.25) is 5.02 Å². The summed E-state index contributed by atoms with van der Waals surface area (Å²) < 4.78 is 15.4. The molecule has 0 unspecified atom stereocenters. The Balaban J connectivity index is 2.64. The van der Waals surface area contributed by atoms with Gasteiger partial charge in [0.05, 0.1) is 0 Å². The Morgan fingerprint density at radius 1 is 1.43 bits per heavy atom. The normalized spacial score (nSPS) is 10.5. The van der Waals surface area contributed by atoms with Gasteiger partial charge in [-0.1, -0.05) is 11.6 Å². The molecule has 1 aromatic heterocycles. The van der Waals surface area contributed by atoms with E-state index in [1.54, 1.807) is 6.07 Å². The van der Waals surface area contributed by atoms with E-state index in [0.717, 1.165) is 0 Å². The number of benzene rings is 1. The second-order valence-electron chi connectivity index (χ2n) is 2.47. The Kier molecular flexibility index (Phi) is 2.64. The summed E-state index contributed by atoms with van der Waals surface area (Å²) in [5, 5.41) is 10.8. The second-order valence-corrected chi connectivity index (χ2v) is 4.07. The molecule has 0 N–H and O–H groups in total. The van der Waals surface area contributed by atoms with E-state index in [4.69, 9.17) is 11.6 Å². The van der Waals surface area contributed by atoms with Crippen molar-refractivity contribution in [2.75, 3.05) is 0 Å². The number of nitrogens with zero attached hydrogens (tertiary/aromatic N) is 4. The average Bonchev–Trinajstić information content (AvgIpc) is 2.54. The van der Waals surface area contributed by atoms with Crippen LogP contribution < -0.4 is 0 Å². The number of rotatable bonds is 1. The molecule has 2 rings (SSSR count). The molecular weight excluding hydrogens is 321 g/mol. The maximum Gasteiger partial charge on any atom is 0.151 e. The molecule has 1 heterocycles. The van der Waals surface area contributed by atoms with Crippen LogP contribution in [-0.2, 0) is 0 Å². The van der Waals surface area contributed by atoms with Crippen LogP contribution in [0, 0.1) is 9.39 Å². The number of hydrogen-bond donors (Lipinski definition) is 0. The van der Waals surface area contributed by atoms with Gasteiger partial charge < -0.3 is 0 Å². The molecule has 0 aliphatic heterocycles. The standard InChI is InChI=1S/C7H3ClFIN4/c8-4-1-5(9)7(6(10)2-4)14-3-11-12-13-14/h1-3H. The monoisotopic (exact) mass is 324 g/mol. The lowest BCUT2D eigenvalue weighted by atomic mass is 10.3. The van der Waals surface area contributed by atoms with Crippen LogP contribution in [0.25, 0.3) is 5.69 Å². The highest BCUT2D eigenvalue weighted by Crippen LogP contribution is 2.23. The van der Waals surface area contributed by atoms with E-state index in [2.05, 4.69) is 15.5 Å². The molecule has 0 amide bonds. The summed E-state index contributed by atoms with van der Waals surface area (Å²) in [5.74, 6) is -0.450. The molecule has 7 heteroatoms. The van der Waals surface area contributed by atoms with Crippen molar-refractivity contribution in [3.8, 4) is 5.69 Å². The first-order valence-corrected chi connectivity index (χ1v) is 5.02. The van der Waals surface area contributed by atoms with E-state index >= 15 is 0 Å². The van der Waals surface area contributed by atoms with Crippen molar-refractivity contribution in [1.29, 1.82) is 0 Å². The SMILES string of the molecule is Fc1cc(Cl)cc(I)c1-n1cnnn1. The van der Waals surface area contributed by atoms with Gasteiger partial charge in [-0.05, 0) is 45.2 Å². The molecule has 2 aromatic rings. The Labute approximate surface area is 97.2 Å². The molecule has 0 spiro atoms. The van der Waals surface area contributed by atoms with Gasteiger partial charge in [-0.15, -0.1) is 5.10 Å². The third-order valence-corrected chi connectivity index (χ3v) is 2.60. The first-order chi connectivity index (χ1) is 6.68. The number of tetrazole rings is 1. The molecular formula is C7H3ClFIN4. The number of aromatic nitrogens is 4. The Hall–Kier alpha value is -0.760. The molecule has 0 aliphatic carbocycles. The highest BCUT2D eigenvalue weighted by molar-refractivity contribution is 14.1. The Morgan fingerprint density at radius 3 is 2.79 bits per heavy atom. The van der Waals surface area contributed by atoms with E-state index in [1.807, 2.05) is 22.6 Å². The van der Waals surface area contributed by atoms with E-state index < -0.39 is 5.82 Å². The summed E-state index contributed by atoms with van der Waals surface area (Å²) in [4.78, 5) is 0. The maximum atomic E-state index is 13.5. The lowest BCUT2D eigenvalue weighted by Crippen LogP contribution is -2.01. The van der Waals surface area contributed by atoms with Gasteiger partial charge in [0.2, 0.25) is 0 Å². The van der Waals surface area contributed by atoms with Crippen molar-refractivity contribution in [3.63, 3.8) is 0 Å². The first kappa shape index (κ1) is 9.78. The zero-order chi connectivity index (χ0) is 10.1. The molecule has 0 saturated carbocycles. The van der Waals surface area contributed by atoms with Crippen LogP contribution >= 0.6 is 34.2 Å². The van der Waals surface area contributed by atoms with Crippen molar-refractivity contribution in [1.82, 2.24) is 20.2 Å². The topological polar surface area (TPSA) is 43.6 Å². The maximum absolute atomic E-state index is 13.5. The average molecular weight is 324 g/mol. The van der Waals surface area contributed by atoms with Crippen molar-refractivity contribution >= 4 is 34.2 Å². The number of halogens is 3. The van der Waals surface area contributed by atoms with E-state index in [9.17, 15) is 4.39 Å². The van der Waals surface area contributed by atoms with Crippen molar-refractivity contribution in [2.45, 2.75) is 0 Å². The van der Waals surface area contributed by atoms with E-state index in [0.29, 0.717) is 14.3 Å². The van der Waals surface area contributed by atoms with Gasteiger partial charge in [-0.2, -0.15) is 4.68 Å². The highest BCUT2D eigenvalue weighted by atomic mass is 127. The molecule has 14 heavy (non-hydrogen) atoms. The summed E-state index contributed by atoms with van der Waals surface area (Å²) in [6, 6.07) is 2.86. The molecule has 0 fully saturated rings. The molecule has 4 nitrogen and oxygen atoms in total. The van der Waals surface area contributed by atoms with E-state index in [1.165, 1.54) is 17.1 Å². The van der Waals surface area contributed by atoms with Gasteiger partial charge >= 0.3 is 0 Å². The van der Waals surface area contributed by atoms with Crippen LogP contribution in [0.1, 0.15) is 0 Å².